The summed E-state index contributed by atoms with van der Waals surface area (Å²) in [6.45, 7) is 0.276. The Hall–Kier alpha value is -2.69. The Morgan fingerprint density at radius 2 is 1.71 bits per heavy atom. The van der Waals surface area contributed by atoms with E-state index in [0.29, 0.717) is 6.42 Å². The number of urea groups is 1. The lowest BCUT2D eigenvalue weighted by molar-refractivity contribution is -0.127. The maximum absolute atomic E-state index is 12.4. The van der Waals surface area contributed by atoms with E-state index in [9.17, 15) is 9.59 Å². The monoisotopic (exact) mass is 281 g/mol. The van der Waals surface area contributed by atoms with Crippen LogP contribution in [0.2, 0.25) is 0 Å². The third kappa shape index (κ3) is 2.91. The van der Waals surface area contributed by atoms with Crippen molar-refractivity contribution in [2.75, 3.05) is 0 Å². The van der Waals surface area contributed by atoms with Gasteiger partial charge in [-0.25, -0.2) is 4.79 Å². The van der Waals surface area contributed by atoms with Crippen molar-refractivity contribution in [1.29, 1.82) is 0 Å². The van der Waals surface area contributed by atoms with Gasteiger partial charge in [0.1, 0.15) is 6.04 Å². The van der Waals surface area contributed by atoms with Crippen molar-refractivity contribution in [3.8, 4) is 0 Å². The second-order valence-corrected chi connectivity index (χ2v) is 4.97. The molecule has 2 aromatic rings. The van der Waals surface area contributed by atoms with Crippen LogP contribution in [0.1, 0.15) is 11.1 Å². The molecule has 0 spiro atoms. The van der Waals surface area contributed by atoms with Crippen LogP contribution >= 0.6 is 0 Å². The molecule has 1 N–H and O–H groups in total. The van der Waals surface area contributed by atoms with Gasteiger partial charge in [-0.2, -0.15) is 0 Å². The van der Waals surface area contributed by atoms with E-state index in [0.717, 1.165) is 11.1 Å². The fraction of sp³-hybridized carbons (Fsp3) is 0.188. The standard InChI is InChI=1S/C16H15N3O2/c20-15-14(10-12-4-2-1-3-5-12)18-16(21)19(15)11-13-6-8-17-9-7-13/h1-9,14H,10-11H2,(H,18,21)/t14-/m1/s1. The summed E-state index contributed by atoms with van der Waals surface area (Å²) in [5, 5.41) is 2.74. The zero-order chi connectivity index (χ0) is 14.7. The van der Waals surface area contributed by atoms with Gasteiger partial charge in [0.15, 0.2) is 0 Å². The predicted octanol–water partition coefficient (Wildman–Crippen LogP) is 1.74. The van der Waals surface area contributed by atoms with E-state index >= 15 is 0 Å². The van der Waals surface area contributed by atoms with Crippen molar-refractivity contribution in [3.05, 3.63) is 66.0 Å². The Morgan fingerprint density at radius 1 is 1.00 bits per heavy atom. The second-order valence-electron chi connectivity index (χ2n) is 4.97. The molecule has 1 aliphatic heterocycles. The smallest absolute Gasteiger partial charge is 0.325 e. The largest absolute Gasteiger partial charge is 0.325 e. The molecule has 0 unspecified atom stereocenters. The third-order valence-electron chi connectivity index (χ3n) is 3.48. The molecule has 1 atom stereocenters. The fourth-order valence-corrected chi connectivity index (χ4v) is 2.39. The first-order valence-electron chi connectivity index (χ1n) is 6.79. The van der Waals surface area contributed by atoms with E-state index in [1.54, 1.807) is 24.5 Å². The summed E-state index contributed by atoms with van der Waals surface area (Å²) in [4.78, 5) is 29.5. The molecule has 1 aliphatic rings. The molecule has 1 aromatic heterocycles. The van der Waals surface area contributed by atoms with Crippen LogP contribution < -0.4 is 5.32 Å². The van der Waals surface area contributed by atoms with Gasteiger partial charge < -0.3 is 5.32 Å². The van der Waals surface area contributed by atoms with Crippen LogP contribution in [-0.4, -0.2) is 27.9 Å². The van der Waals surface area contributed by atoms with Gasteiger partial charge in [0, 0.05) is 18.8 Å². The average Bonchev–Trinajstić information content (AvgIpc) is 2.77. The van der Waals surface area contributed by atoms with Crippen molar-refractivity contribution < 1.29 is 9.59 Å². The first kappa shape index (κ1) is 13.3. The van der Waals surface area contributed by atoms with Gasteiger partial charge in [0.25, 0.3) is 5.91 Å². The van der Waals surface area contributed by atoms with E-state index < -0.39 is 6.04 Å². The molecule has 3 amide bonds. The summed E-state index contributed by atoms with van der Waals surface area (Å²) in [5.74, 6) is -0.180. The van der Waals surface area contributed by atoms with Crippen molar-refractivity contribution in [1.82, 2.24) is 15.2 Å². The SMILES string of the molecule is O=C1N[C@H](Cc2ccccc2)C(=O)N1Cc1ccncc1. The summed E-state index contributed by atoms with van der Waals surface area (Å²) in [6.07, 6.45) is 3.81. The van der Waals surface area contributed by atoms with Crippen LogP contribution in [0, 0.1) is 0 Å². The Labute approximate surface area is 122 Å². The van der Waals surface area contributed by atoms with E-state index in [-0.39, 0.29) is 18.5 Å². The highest BCUT2D eigenvalue weighted by Crippen LogP contribution is 2.15. The summed E-state index contributed by atoms with van der Waals surface area (Å²) >= 11 is 0. The molecule has 0 saturated carbocycles. The number of carbonyl (C=O) groups excluding carboxylic acids is 2. The summed E-state index contributed by atoms with van der Waals surface area (Å²) in [5.41, 5.74) is 1.91. The highest BCUT2D eigenvalue weighted by molar-refractivity contribution is 6.04. The Balaban J connectivity index is 1.70. The molecule has 5 heteroatoms. The summed E-state index contributed by atoms with van der Waals surface area (Å²) < 4.78 is 0. The van der Waals surface area contributed by atoms with Crippen LogP contribution in [0.25, 0.3) is 0 Å². The molecule has 0 aliphatic carbocycles. The first-order chi connectivity index (χ1) is 10.2. The van der Waals surface area contributed by atoms with Gasteiger partial charge in [-0.3, -0.25) is 14.7 Å². The Kier molecular flexibility index (Phi) is 3.64. The number of imide groups is 1. The van der Waals surface area contributed by atoms with Crippen molar-refractivity contribution in [2.45, 2.75) is 19.0 Å². The lowest BCUT2D eigenvalue weighted by Gasteiger charge is -2.12. The number of benzene rings is 1. The molecule has 1 fully saturated rings. The van der Waals surface area contributed by atoms with Gasteiger partial charge in [0.2, 0.25) is 0 Å². The van der Waals surface area contributed by atoms with E-state index in [4.69, 9.17) is 0 Å². The normalized spacial score (nSPS) is 17.9. The van der Waals surface area contributed by atoms with Crippen LogP contribution in [0.5, 0.6) is 0 Å². The second kappa shape index (κ2) is 5.75. The van der Waals surface area contributed by atoms with Crippen molar-refractivity contribution in [2.24, 2.45) is 0 Å². The van der Waals surface area contributed by atoms with Gasteiger partial charge in [-0.1, -0.05) is 30.3 Å². The van der Waals surface area contributed by atoms with Crippen molar-refractivity contribution >= 4 is 11.9 Å². The minimum atomic E-state index is -0.485. The van der Waals surface area contributed by atoms with Crippen LogP contribution in [0.4, 0.5) is 4.79 Å². The van der Waals surface area contributed by atoms with Gasteiger partial charge >= 0.3 is 6.03 Å². The third-order valence-corrected chi connectivity index (χ3v) is 3.48. The number of pyridine rings is 1. The van der Waals surface area contributed by atoms with E-state index in [2.05, 4.69) is 10.3 Å². The molecular formula is C16H15N3O2. The molecule has 0 radical (unpaired) electrons. The number of aromatic nitrogens is 1. The molecule has 21 heavy (non-hydrogen) atoms. The van der Waals surface area contributed by atoms with Crippen LogP contribution in [-0.2, 0) is 17.8 Å². The first-order valence-corrected chi connectivity index (χ1v) is 6.79. The van der Waals surface area contributed by atoms with Gasteiger partial charge in [0.05, 0.1) is 6.54 Å². The molecule has 106 valence electrons. The molecule has 0 bridgehead atoms. The molecule has 1 saturated heterocycles. The van der Waals surface area contributed by atoms with Crippen molar-refractivity contribution in [3.63, 3.8) is 0 Å². The zero-order valence-electron chi connectivity index (χ0n) is 11.4. The predicted molar refractivity (Wildman–Crippen MR) is 77.3 cm³/mol. The summed E-state index contributed by atoms with van der Waals surface area (Å²) in [7, 11) is 0. The number of amides is 3. The Morgan fingerprint density at radius 3 is 2.43 bits per heavy atom. The molecule has 3 rings (SSSR count). The Bertz CT molecular complexity index is 643. The quantitative estimate of drug-likeness (QED) is 0.868. The van der Waals surface area contributed by atoms with Gasteiger partial charge in [-0.15, -0.1) is 0 Å². The highest BCUT2D eigenvalue weighted by atomic mass is 16.2. The minimum absolute atomic E-state index is 0.180. The minimum Gasteiger partial charge on any atom is -0.325 e. The molecule has 1 aromatic carbocycles. The van der Waals surface area contributed by atoms with Crippen LogP contribution in [0.15, 0.2) is 54.9 Å². The lowest BCUT2D eigenvalue weighted by Crippen LogP contribution is -2.32. The molecule has 5 nitrogen and oxygen atoms in total. The number of nitrogens with zero attached hydrogens (tertiary/aromatic N) is 2. The molecule has 2 heterocycles. The van der Waals surface area contributed by atoms with E-state index in [1.165, 1.54) is 4.90 Å². The number of carbonyl (C=O) groups is 2. The number of nitrogens with one attached hydrogen (secondary N) is 1. The summed E-state index contributed by atoms with van der Waals surface area (Å²) in [6, 6.07) is 12.4. The lowest BCUT2D eigenvalue weighted by atomic mass is 10.1. The number of hydrogen-bond acceptors (Lipinski definition) is 3. The van der Waals surface area contributed by atoms with E-state index in [1.807, 2.05) is 30.3 Å². The van der Waals surface area contributed by atoms with Crippen LogP contribution in [0.3, 0.4) is 0 Å². The topological polar surface area (TPSA) is 62.3 Å². The van der Waals surface area contributed by atoms with Gasteiger partial charge in [-0.05, 0) is 23.3 Å². The molecular weight excluding hydrogens is 266 g/mol. The average molecular weight is 281 g/mol. The zero-order valence-corrected chi connectivity index (χ0v) is 11.4. The highest BCUT2D eigenvalue weighted by Gasteiger charge is 2.37. The number of rotatable bonds is 4. The maximum atomic E-state index is 12.4. The maximum Gasteiger partial charge on any atom is 0.325 e. The fourth-order valence-electron chi connectivity index (χ4n) is 2.39. The number of hydrogen-bond donors (Lipinski definition) is 1.